The molecule has 1 atom stereocenters. The summed E-state index contributed by atoms with van der Waals surface area (Å²) in [7, 11) is 4.26. The molecule has 0 N–H and O–H groups in total. The molecule has 0 spiro atoms. The van der Waals surface area contributed by atoms with Crippen molar-refractivity contribution in [2.24, 2.45) is 5.92 Å². The van der Waals surface area contributed by atoms with Gasteiger partial charge in [-0.2, -0.15) is 0 Å². The maximum Gasteiger partial charge on any atom is 0.177 e. The lowest BCUT2D eigenvalue weighted by atomic mass is 9.96. The standard InChI is InChI=1S/C27H27N3O/c1-19(17-29(2)3)18-30-23-15-9-7-13-21(23)25-26(20-11-5-4-6-12-20)28-31-27(25)22-14-8-10-16-24(22)30/h4-16,19H,17-18H2,1-3H3. The number of hydrogen-bond acceptors (Lipinski definition) is 4. The number of nitrogens with zero attached hydrogens (tertiary/aromatic N) is 3. The van der Waals surface area contributed by atoms with Crippen molar-refractivity contribution in [1.82, 2.24) is 10.1 Å². The van der Waals surface area contributed by atoms with Crippen LogP contribution in [-0.2, 0) is 0 Å². The Morgan fingerprint density at radius 3 is 2.16 bits per heavy atom. The first-order valence-electron chi connectivity index (χ1n) is 10.8. The Kier molecular flexibility index (Phi) is 5.08. The normalized spacial score (nSPS) is 13.4. The molecule has 0 radical (unpaired) electrons. The lowest BCUT2D eigenvalue weighted by molar-refractivity contribution is 0.343. The largest absolute Gasteiger partial charge is 0.355 e. The van der Waals surface area contributed by atoms with Crippen LogP contribution in [0.4, 0.5) is 11.4 Å². The number of aromatic nitrogens is 1. The quantitative estimate of drug-likeness (QED) is 0.386. The van der Waals surface area contributed by atoms with Crippen LogP contribution in [0.3, 0.4) is 0 Å². The molecule has 156 valence electrons. The van der Waals surface area contributed by atoms with Crippen molar-refractivity contribution in [2.45, 2.75) is 6.92 Å². The third-order valence-electron chi connectivity index (χ3n) is 5.81. The molecule has 4 heteroatoms. The number of rotatable bonds is 5. The van der Waals surface area contributed by atoms with Gasteiger partial charge in [-0.25, -0.2) is 0 Å². The van der Waals surface area contributed by atoms with Crippen LogP contribution in [0.15, 0.2) is 83.4 Å². The molecule has 4 nitrogen and oxygen atoms in total. The molecule has 0 saturated heterocycles. The SMILES string of the molecule is CC(CN(C)C)CN1c2ccccc2-c2onc(-c3ccccc3)c2-c2ccccc21. The molecule has 0 bridgehead atoms. The van der Waals surface area contributed by atoms with Crippen molar-refractivity contribution in [2.75, 3.05) is 32.1 Å². The van der Waals surface area contributed by atoms with Gasteiger partial charge in [0, 0.05) is 35.5 Å². The zero-order chi connectivity index (χ0) is 21.4. The van der Waals surface area contributed by atoms with Gasteiger partial charge in [-0.15, -0.1) is 0 Å². The first kappa shape index (κ1) is 19.6. The van der Waals surface area contributed by atoms with E-state index in [9.17, 15) is 0 Å². The highest BCUT2D eigenvalue weighted by atomic mass is 16.5. The fourth-order valence-corrected chi connectivity index (χ4v) is 4.66. The molecule has 0 aliphatic carbocycles. The van der Waals surface area contributed by atoms with E-state index >= 15 is 0 Å². The second kappa shape index (κ2) is 8.05. The first-order valence-corrected chi connectivity index (χ1v) is 10.8. The third kappa shape index (κ3) is 3.53. The highest BCUT2D eigenvalue weighted by molar-refractivity contribution is 6.02. The van der Waals surface area contributed by atoms with Crippen molar-refractivity contribution in [1.29, 1.82) is 0 Å². The number of benzene rings is 3. The van der Waals surface area contributed by atoms with Crippen LogP contribution in [-0.4, -0.2) is 37.2 Å². The Morgan fingerprint density at radius 2 is 1.45 bits per heavy atom. The smallest absolute Gasteiger partial charge is 0.177 e. The number of anilines is 2. The van der Waals surface area contributed by atoms with Crippen LogP contribution < -0.4 is 4.90 Å². The van der Waals surface area contributed by atoms with Gasteiger partial charge >= 0.3 is 0 Å². The zero-order valence-electron chi connectivity index (χ0n) is 18.2. The molecule has 4 aromatic rings. The Bertz CT molecular complexity index is 1200. The Labute approximate surface area is 183 Å². The van der Waals surface area contributed by atoms with Crippen LogP contribution >= 0.6 is 0 Å². The van der Waals surface area contributed by atoms with E-state index in [1.165, 1.54) is 5.69 Å². The van der Waals surface area contributed by atoms with E-state index in [1.54, 1.807) is 0 Å². The zero-order valence-corrected chi connectivity index (χ0v) is 18.2. The number of fused-ring (bicyclic) bond motifs is 5. The van der Waals surface area contributed by atoms with Gasteiger partial charge in [0.05, 0.1) is 11.3 Å². The molecule has 2 heterocycles. The summed E-state index contributed by atoms with van der Waals surface area (Å²) in [6, 6.07) is 27.4. The predicted molar refractivity (Wildman–Crippen MR) is 128 cm³/mol. The monoisotopic (exact) mass is 409 g/mol. The minimum absolute atomic E-state index is 0.493. The molecular weight excluding hydrogens is 382 g/mol. The Balaban J connectivity index is 1.74. The van der Waals surface area contributed by atoms with Gasteiger partial charge < -0.3 is 14.3 Å². The minimum atomic E-state index is 0.493. The second-order valence-electron chi connectivity index (χ2n) is 8.61. The average Bonchev–Trinajstić information content (AvgIpc) is 3.18. The number of para-hydroxylation sites is 2. The average molecular weight is 410 g/mol. The molecule has 3 aromatic carbocycles. The van der Waals surface area contributed by atoms with Gasteiger partial charge in [0.25, 0.3) is 0 Å². The summed E-state index contributed by atoms with van der Waals surface area (Å²) in [5, 5.41) is 4.53. The Morgan fingerprint density at radius 1 is 0.839 bits per heavy atom. The van der Waals surface area contributed by atoms with Gasteiger partial charge in [-0.1, -0.05) is 72.7 Å². The number of hydrogen-bond donors (Lipinski definition) is 0. The summed E-state index contributed by atoms with van der Waals surface area (Å²) >= 11 is 0. The van der Waals surface area contributed by atoms with Crippen molar-refractivity contribution < 1.29 is 4.52 Å². The van der Waals surface area contributed by atoms with E-state index in [-0.39, 0.29) is 0 Å². The molecule has 0 fully saturated rings. The molecule has 0 saturated carbocycles. The van der Waals surface area contributed by atoms with Gasteiger partial charge in [0.2, 0.25) is 0 Å². The van der Waals surface area contributed by atoms with E-state index in [1.807, 2.05) is 18.2 Å². The maximum absolute atomic E-state index is 6.04. The molecule has 1 aliphatic heterocycles. The van der Waals surface area contributed by atoms with E-state index < -0.39 is 0 Å². The van der Waals surface area contributed by atoms with Gasteiger partial charge in [0.1, 0.15) is 5.69 Å². The summed E-state index contributed by atoms with van der Waals surface area (Å²) in [5.41, 5.74) is 7.62. The highest BCUT2D eigenvalue weighted by Crippen LogP contribution is 2.50. The summed E-state index contributed by atoms with van der Waals surface area (Å²) in [6.07, 6.45) is 0. The van der Waals surface area contributed by atoms with Crippen molar-refractivity contribution in [3.05, 3.63) is 78.9 Å². The van der Waals surface area contributed by atoms with Crippen LogP contribution in [0.2, 0.25) is 0 Å². The molecular formula is C27H27N3O. The lowest BCUT2D eigenvalue weighted by Gasteiger charge is -2.30. The summed E-state index contributed by atoms with van der Waals surface area (Å²) < 4.78 is 6.04. The first-order chi connectivity index (χ1) is 15.1. The van der Waals surface area contributed by atoms with Crippen molar-refractivity contribution in [3.8, 4) is 33.7 Å². The highest BCUT2D eigenvalue weighted by Gasteiger charge is 2.31. The summed E-state index contributed by atoms with van der Waals surface area (Å²) in [5.74, 6) is 1.33. The minimum Gasteiger partial charge on any atom is -0.355 e. The fraction of sp³-hybridized carbons (Fsp3) is 0.222. The third-order valence-corrected chi connectivity index (χ3v) is 5.81. The Hall–Kier alpha value is -3.37. The molecule has 1 unspecified atom stereocenters. The van der Waals surface area contributed by atoms with E-state index in [4.69, 9.17) is 4.52 Å². The molecule has 31 heavy (non-hydrogen) atoms. The van der Waals surface area contributed by atoms with Gasteiger partial charge in [0.15, 0.2) is 5.76 Å². The second-order valence-corrected chi connectivity index (χ2v) is 8.61. The van der Waals surface area contributed by atoms with Crippen LogP contribution in [0.1, 0.15) is 6.92 Å². The van der Waals surface area contributed by atoms with Crippen LogP contribution in [0.5, 0.6) is 0 Å². The predicted octanol–water partition coefficient (Wildman–Crippen LogP) is 6.32. The molecule has 1 aromatic heterocycles. The summed E-state index contributed by atoms with van der Waals surface area (Å²) in [6.45, 7) is 4.26. The van der Waals surface area contributed by atoms with Crippen LogP contribution in [0, 0.1) is 5.92 Å². The molecule has 0 amide bonds. The van der Waals surface area contributed by atoms with Crippen LogP contribution in [0.25, 0.3) is 33.7 Å². The lowest BCUT2D eigenvalue weighted by Crippen LogP contribution is -2.30. The van der Waals surface area contributed by atoms with Crippen molar-refractivity contribution >= 4 is 11.4 Å². The summed E-state index contributed by atoms with van der Waals surface area (Å²) in [4.78, 5) is 4.70. The van der Waals surface area contributed by atoms with Gasteiger partial charge in [-0.3, -0.25) is 0 Å². The van der Waals surface area contributed by atoms with Gasteiger partial charge in [-0.05, 0) is 38.2 Å². The maximum atomic E-state index is 6.04. The van der Waals surface area contributed by atoms with Crippen molar-refractivity contribution in [3.63, 3.8) is 0 Å². The molecule has 5 rings (SSSR count). The molecule has 1 aliphatic rings. The fourth-order valence-electron chi connectivity index (χ4n) is 4.66. The van der Waals surface area contributed by atoms with E-state index in [0.717, 1.165) is 52.5 Å². The van der Waals surface area contributed by atoms with E-state index in [2.05, 4.69) is 96.6 Å². The topological polar surface area (TPSA) is 32.5 Å². The van der Waals surface area contributed by atoms with E-state index in [0.29, 0.717) is 5.92 Å².